The zero-order chi connectivity index (χ0) is 26.4. The van der Waals surface area contributed by atoms with Gasteiger partial charge in [-0.2, -0.15) is 0 Å². The Kier molecular flexibility index (Phi) is 9.03. The van der Waals surface area contributed by atoms with Gasteiger partial charge in [0.15, 0.2) is 0 Å². The third kappa shape index (κ3) is 6.42. The molecule has 2 N–H and O–H groups in total. The van der Waals surface area contributed by atoms with Gasteiger partial charge < -0.3 is 20.1 Å². The minimum atomic E-state index is -0.161. The molecule has 198 valence electrons. The Morgan fingerprint density at radius 3 is 2.57 bits per heavy atom. The molecular weight excluding hydrogens is 484 g/mol. The van der Waals surface area contributed by atoms with Gasteiger partial charge in [0.2, 0.25) is 11.8 Å². The Hall–Kier alpha value is -3.13. The van der Waals surface area contributed by atoms with Crippen LogP contribution in [0.5, 0.6) is 0 Å². The van der Waals surface area contributed by atoms with Gasteiger partial charge in [0.05, 0.1) is 10.2 Å². The zero-order valence-corrected chi connectivity index (χ0v) is 22.9. The van der Waals surface area contributed by atoms with E-state index in [1.165, 1.54) is 0 Å². The fraction of sp³-hybridized carbons (Fsp3) is 0.483. The van der Waals surface area contributed by atoms with Crippen molar-refractivity contribution in [3.8, 4) is 0 Å². The highest BCUT2D eigenvalue weighted by molar-refractivity contribution is 7.17. The molecule has 0 aliphatic heterocycles. The summed E-state index contributed by atoms with van der Waals surface area (Å²) in [5.74, 6) is -0.0514. The molecule has 1 aliphatic carbocycles. The van der Waals surface area contributed by atoms with E-state index in [1.54, 1.807) is 16.2 Å². The second-order valence-corrected chi connectivity index (χ2v) is 10.9. The largest absolute Gasteiger partial charge is 0.356 e. The molecule has 3 aromatic rings. The highest BCUT2D eigenvalue weighted by atomic mass is 32.1. The quantitative estimate of drug-likeness (QED) is 0.356. The van der Waals surface area contributed by atoms with Gasteiger partial charge in [-0.3, -0.25) is 14.4 Å². The molecule has 0 radical (unpaired) electrons. The Bertz CT molecular complexity index is 1240. The Labute approximate surface area is 223 Å². The van der Waals surface area contributed by atoms with Crippen molar-refractivity contribution < 1.29 is 14.4 Å². The van der Waals surface area contributed by atoms with Crippen LogP contribution in [0.15, 0.2) is 41.8 Å². The fourth-order valence-electron chi connectivity index (χ4n) is 5.15. The van der Waals surface area contributed by atoms with E-state index < -0.39 is 0 Å². The van der Waals surface area contributed by atoms with Crippen molar-refractivity contribution in [3.63, 3.8) is 0 Å². The average molecular weight is 523 g/mol. The number of carbonyl (C=O) groups is 3. The van der Waals surface area contributed by atoms with Crippen molar-refractivity contribution in [2.45, 2.75) is 71.9 Å². The summed E-state index contributed by atoms with van der Waals surface area (Å²) in [6, 6.07) is 11.8. The first-order valence-corrected chi connectivity index (χ1v) is 14.3. The van der Waals surface area contributed by atoms with Crippen LogP contribution in [0.1, 0.15) is 68.4 Å². The third-order valence-corrected chi connectivity index (χ3v) is 8.10. The number of hydrogen-bond donors (Lipinski definition) is 2. The lowest BCUT2D eigenvalue weighted by atomic mass is 9.85. The number of hydrogen-bond acceptors (Lipinski definition) is 4. The van der Waals surface area contributed by atoms with Gasteiger partial charge in [-0.25, -0.2) is 0 Å². The molecule has 0 bridgehead atoms. The standard InChI is InChI=1S/C29H38N4O3S/c1-4-6-15-30-28(35)21-10-12-22(13-11-21)31-29(36)25-18-26-24(14-16-37-26)33(25)19-27(34)32(5-2)23-9-7-8-20(3)17-23/h7-9,14,16-18,21-22H,4-6,10-13,15,19H2,1-3H3,(H,30,35)(H,31,36)/t21-,22-. The molecule has 2 aromatic heterocycles. The van der Waals surface area contributed by atoms with Crippen LogP contribution in [0.4, 0.5) is 5.69 Å². The normalized spacial score (nSPS) is 17.5. The van der Waals surface area contributed by atoms with E-state index in [0.717, 1.165) is 66.5 Å². The van der Waals surface area contributed by atoms with Gasteiger partial charge in [0.1, 0.15) is 12.2 Å². The number of aryl methyl sites for hydroxylation is 1. The van der Waals surface area contributed by atoms with E-state index in [1.807, 2.05) is 60.2 Å². The molecule has 7 nitrogen and oxygen atoms in total. The van der Waals surface area contributed by atoms with E-state index in [4.69, 9.17) is 0 Å². The second-order valence-electron chi connectivity index (χ2n) is 9.93. The molecule has 1 aromatic carbocycles. The van der Waals surface area contributed by atoms with E-state index in [0.29, 0.717) is 12.2 Å². The predicted octanol–water partition coefficient (Wildman–Crippen LogP) is 5.27. The molecule has 37 heavy (non-hydrogen) atoms. The van der Waals surface area contributed by atoms with Gasteiger partial charge in [-0.15, -0.1) is 11.3 Å². The summed E-state index contributed by atoms with van der Waals surface area (Å²) in [7, 11) is 0. The monoisotopic (exact) mass is 522 g/mol. The van der Waals surface area contributed by atoms with Gasteiger partial charge >= 0.3 is 0 Å². The van der Waals surface area contributed by atoms with Crippen LogP contribution in [0.25, 0.3) is 10.2 Å². The van der Waals surface area contributed by atoms with Crippen molar-refractivity contribution in [1.29, 1.82) is 0 Å². The number of amides is 3. The highest BCUT2D eigenvalue weighted by Crippen LogP contribution is 2.28. The lowest BCUT2D eigenvalue weighted by Crippen LogP contribution is -2.42. The summed E-state index contributed by atoms with van der Waals surface area (Å²) < 4.78 is 2.83. The molecule has 2 heterocycles. The van der Waals surface area contributed by atoms with Crippen LogP contribution in [-0.2, 0) is 16.1 Å². The summed E-state index contributed by atoms with van der Waals surface area (Å²) >= 11 is 1.57. The molecule has 1 fully saturated rings. The van der Waals surface area contributed by atoms with Gasteiger partial charge in [-0.05, 0) is 81.2 Å². The van der Waals surface area contributed by atoms with Gasteiger partial charge in [0.25, 0.3) is 5.91 Å². The highest BCUT2D eigenvalue weighted by Gasteiger charge is 2.28. The van der Waals surface area contributed by atoms with E-state index >= 15 is 0 Å². The van der Waals surface area contributed by atoms with E-state index in [9.17, 15) is 14.4 Å². The molecule has 0 atom stereocenters. The topological polar surface area (TPSA) is 83.4 Å². The maximum Gasteiger partial charge on any atom is 0.268 e. The van der Waals surface area contributed by atoms with Crippen molar-refractivity contribution in [1.82, 2.24) is 15.2 Å². The maximum absolute atomic E-state index is 13.4. The molecule has 3 amide bonds. The lowest BCUT2D eigenvalue weighted by Gasteiger charge is -2.28. The molecule has 1 saturated carbocycles. The summed E-state index contributed by atoms with van der Waals surface area (Å²) in [6.45, 7) is 7.46. The molecule has 0 spiro atoms. The first-order valence-electron chi connectivity index (χ1n) is 13.4. The smallest absolute Gasteiger partial charge is 0.268 e. The first kappa shape index (κ1) is 26.9. The zero-order valence-electron chi connectivity index (χ0n) is 22.1. The minimum absolute atomic E-state index is 0.0264. The molecule has 0 saturated heterocycles. The van der Waals surface area contributed by atoms with Crippen LogP contribution in [0.3, 0.4) is 0 Å². The summed E-state index contributed by atoms with van der Waals surface area (Å²) in [4.78, 5) is 41.0. The van der Waals surface area contributed by atoms with Crippen molar-refractivity contribution >= 4 is 45.0 Å². The van der Waals surface area contributed by atoms with Crippen LogP contribution >= 0.6 is 11.3 Å². The fourth-order valence-corrected chi connectivity index (χ4v) is 5.97. The van der Waals surface area contributed by atoms with Crippen molar-refractivity contribution in [2.75, 3.05) is 18.0 Å². The number of thiophene rings is 1. The number of likely N-dealkylation sites (N-methyl/N-ethyl adjacent to an activating group) is 1. The molecule has 8 heteroatoms. The number of aromatic nitrogens is 1. The lowest BCUT2D eigenvalue weighted by molar-refractivity contribution is -0.126. The third-order valence-electron chi connectivity index (χ3n) is 7.24. The van der Waals surface area contributed by atoms with E-state index in [2.05, 4.69) is 17.6 Å². The molecular formula is C29H38N4O3S. The van der Waals surface area contributed by atoms with Crippen molar-refractivity contribution in [2.24, 2.45) is 5.92 Å². The molecule has 0 unspecified atom stereocenters. The SMILES string of the molecule is CCCCNC(=O)[C@H]1CC[C@H](NC(=O)c2cc3sccc3n2CC(=O)N(CC)c2cccc(C)c2)CC1. The summed E-state index contributed by atoms with van der Waals surface area (Å²) in [6.07, 6.45) is 5.17. The number of anilines is 1. The second kappa shape index (κ2) is 12.4. The number of carbonyl (C=O) groups excluding carboxylic acids is 3. The van der Waals surface area contributed by atoms with Gasteiger partial charge in [0, 0.05) is 30.7 Å². The average Bonchev–Trinajstić information content (AvgIpc) is 3.48. The number of nitrogens with one attached hydrogen (secondary N) is 2. The van der Waals surface area contributed by atoms with Crippen LogP contribution < -0.4 is 15.5 Å². The summed E-state index contributed by atoms with van der Waals surface area (Å²) in [5.41, 5.74) is 3.37. The first-order chi connectivity index (χ1) is 17.9. The minimum Gasteiger partial charge on any atom is -0.356 e. The Balaban J connectivity index is 1.43. The van der Waals surface area contributed by atoms with Crippen LogP contribution in [-0.4, -0.2) is 41.4 Å². The number of unbranched alkanes of at least 4 members (excludes halogenated alkanes) is 1. The molecule has 1 aliphatic rings. The number of rotatable bonds is 10. The molecule has 4 rings (SSSR count). The van der Waals surface area contributed by atoms with Crippen LogP contribution in [0, 0.1) is 12.8 Å². The Morgan fingerprint density at radius 2 is 1.86 bits per heavy atom. The number of benzene rings is 1. The maximum atomic E-state index is 13.4. The van der Waals surface area contributed by atoms with Crippen LogP contribution in [0.2, 0.25) is 0 Å². The number of nitrogens with zero attached hydrogens (tertiary/aromatic N) is 2. The van der Waals surface area contributed by atoms with Crippen molar-refractivity contribution in [3.05, 3.63) is 53.0 Å². The predicted molar refractivity (Wildman–Crippen MR) is 150 cm³/mol. The van der Waals surface area contributed by atoms with Gasteiger partial charge in [-0.1, -0.05) is 25.5 Å². The number of fused-ring (bicyclic) bond motifs is 1. The summed E-state index contributed by atoms with van der Waals surface area (Å²) in [5, 5.41) is 8.20. The Morgan fingerprint density at radius 1 is 1.08 bits per heavy atom. The van der Waals surface area contributed by atoms with E-state index in [-0.39, 0.29) is 36.2 Å².